The molecule has 0 spiro atoms. The van der Waals surface area contributed by atoms with Gasteiger partial charge in [-0.05, 0) is 42.8 Å². The maximum Gasteiger partial charge on any atom is 0.262 e. The molecule has 9 heteroatoms. The number of hydrogen-bond acceptors (Lipinski definition) is 5. The van der Waals surface area contributed by atoms with Gasteiger partial charge in [0.05, 0.1) is 11.2 Å². The van der Waals surface area contributed by atoms with Crippen LogP contribution in [0.4, 0.5) is 0 Å². The van der Waals surface area contributed by atoms with Crippen molar-refractivity contribution in [3.05, 3.63) is 107 Å². The number of nitrogens with one attached hydrogen (secondary N) is 2. The molecule has 2 atom stereocenters. The Morgan fingerprint density at radius 1 is 1.00 bits per heavy atom. The minimum absolute atomic E-state index is 0.251. The van der Waals surface area contributed by atoms with Crippen molar-refractivity contribution in [2.45, 2.75) is 25.5 Å². The smallest absolute Gasteiger partial charge is 0.262 e. The van der Waals surface area contributed by atoms with Gasteiger partial charge in [-0.1, -0.05) is 78.3 Å². The van der Waals surface area contributed by atoms with E-state index in [2.05, 4.69) is 22.4 Å². The van der Waals surface area contributed by atoms with Crippen LogP contribution in [0.1, 0.15) is 18.1 Å². The van der Waals surface area contributed by atoms with Crippen LogP contribution in [-0.2, 0) is 16.0 Å². The number of ether oxygens (including phenoxy) is 2. The van der Waals surface area contributed by atoms with Crippen molar-refractivity contribution in [1.29, 1.82) is 0 Å². The van der Waals surface area contributed by atoms with Gasteiger partial charge in [-0.25, -0.2) is 5.43 Å². The molecule has 0 aromatic heterocycles. The lowest BCUT2D eigenvalue weighted by Gasteiger charge is -2.21. The molecule has 3 aromatic rings. The predicted molar refractivity (Wildman–Crippen MR) is 146 cm³/mol. The second-order valence-corrected chi connectivity index (χ2v) is 8.80. The lowest BCUT2D eigenvalue weighted by Crippen LogP contribution is -2.50. The summed E-state index contributed by atoms with van der Waals surface area (Å²) in [4.78, 5) is 26.0. The largest absolute Gasteiger partial charge is 0.489 e. The molecule has 0 fully saturated rings. The summed E-state index contributed by atoms with van der Waals surface area (Å²) in [5, 5.41) is 7.54. The number of rotatable bonds is 12. The van der Waals surface area contributed by atoms with E-state index in [1.807, 2.05) is 42.5 Å². The van der Waals surface area contributed by atoms with Crippen molar-refractivity contribution in [2.24, 2.45) is 5.10 Å². The van der Waals surface area contributed by atoms with Crippen molar-refractivity contribution < 1.29 is 19.1 Å². The predicted octanol–water partition coefficient (Wildman–Crippen LogP) is 5.20. The molecule has 0 saturated carbocycles. The van der Waals surface area contributed by atoms with Crippen molar-refractivity contribution in [1.82, 2.24) is 10.7 Å². The Kier molecular flexibility index (Phi) is 10.6. The Labute approximate surface area is 226 Å². The van der Waals surface area contributed by atoms with E-state index in [0.29, 0.717) is 28.7 Å². The number of carbonyl (C=O) groups excluding carboxylic acids is 2. The average Bonchev–Trinajstić information content (AvgIpc) is 2.89. The maximum absolute atomic E-state index is 13.0. The van der Waals surface area contributed by atoms with E-state index in [0.717, 1.165) is 5.56 Å². The molecule has 0 saturated heterocycles. The lowest BCUT2D eigenvalue weighted by atomic mass is 10.1. The van der Waals surface area contributed by atoms with Crippen LogP contribution in [0.25, 0.3) is 0 Å². The topological polar surface area (TPSA) is 89.0 Å². The first-order chi connectivity index (χ1) is 17.9. The van der Waals surface area contributed by atoms with E-state index < -0.39 is 24.0 Å². The van der Waals surface area contributed by atoms with Crippen molar-refractivity contribution in [3.63, 3.8) is 0 Å². The van der Waals surface area contributed by atoms with Crippen LogP contribution < -0.4 is 20.2 Å². The number of benzene rings is 3. The highest BCUT2D eigenvalue weighted by Crippen LogP contribution is 2.28. The molecular formula is C28H27Cl2N3O4. The molecule has 0 aliphatic rings. The van der Waals surface area contributed by atoms with E-state index in [4.69, 9.17) is 32.7 Å². The molecule has 0 radical (unpaired) electrons. The standard InChI is InChI=1S/C28H27Cl2N3O4/c1-3-15-36-25-12-8-7-11-21(25)18-31-33-28(35)24(16-20-9-5-4-6-10-20)32-27(34)19(2)37-26-14-13-22(29)17-23(26)30/h3-14,17-19,24H,1,15-16H2,2H3,(H,32,34)(H,33,35)/b31-18-/t19-,24-/m0/s1. The zero-order valence-electron chi connectivity index (χ0n) is 20.2. The van der Waals surface area contributed by atoms with Crippen molar-refractivity contribution in [2.75, 3.05) is 6.61 Å². The van der Waals surface area contributed by atoms with Crippen LogP contribution in [0.15, 0.2) is 90.6 Å². The van der Waals surface area contributed by atoms with Gasteiger partial charge in [0.2, 0.25) is 0 Å². The first-order valence-corrected chi connectivity index (χ1v) is 12.2. The van der Waals surface area contributed by atoms with E-state index in [1.54, 1.807) is 37.3 Å². The Hall–Kier alpha value is -3.81. The van der Waals surface area contributed by atoms with E-state index in [1.165, 1.54) is 12.3 Å². The van der Waals surface area contributed by atoms with E-state index >= 15 is 0 Å². The molecule has 3 aromatic carbocycles. The number of amides is 2. The quantitative estimate of drug-likeness (QED) is 0.188. The Morgan fingerprint density at radius 3 is 2.46 bits per heavy atom. The average molecular weight is 540 g/mol. The van der Waals surface area contributed by atoms with Gasteiger partial charge < -0.3 is 14.8 Å². The van der Waals surface area contributed by atoms with Crippen molar-refractivity contribution in [3.8, 4) is 11.5 Å². The SMILES string of the molecule is C=CCOc1ccccc1/C=N\NC(=O)[C@H](Cc1ccccc1)NC(=O)[C@H](C)Oc1ccc(Cl)cc1Cl. The molecule has 37 heavy (non-hydrogen) atoms. The number of para-hydroxylation sites is 1. The molecule has 0 bridgehead atoms. The zero-order valence-corrected chi connectivity index (χ0v) is 21.7. The number of hydrazone groups is 1. The lowest BCUT2D eigenvalue weighted by molar-refractivity contribution is -0.132. The minimum atomic E-state index is -0.929. The van der Waals surface area contributed by atoms with E-state index in [9.17, 15) is 9.59 Å². The molecule has 192 valence electrons. The highest BCUT2D eigenvalue weighted by atomic mass is 35.5. The summed E-state index contributed by atoms with van der Waals surface area (Å²) in [7, 11) is 0. The fourth-order valence-corrected chi connectivity index (χ4v) is 3.73. The fourth-order valence-electron chi connectivity index (χ4n) is 3.27. The van der Waals surface area contributed by atoms with Gasteiger partial charge in [0.25, 0.3) is 11.8 Å². The van der Waals surface area contributed by atoms with Gasteiger partial charge in [0.1, 0.15) is 24.1 Å². The summed E-state index contributed by atoms with van der Waals surface area (Å²) in [6.07, 6.45) is 2.44. The monoisotopic (exact) mass is 539 g/mol. The summed E-state index contributed by atoms with van der Waals surface area (Å²) in [6.45, 7) is 5.54. The maximum atomic E-state index is 13.0. The summed E-state index contributed by atoms with van der Waals surface area (Å²) in [6, 6.07) is 20.4. The second kappa shape index (κ2) is 14.1. The molecule has 0 aliphatic carbocycles. The van der Waals surface area contributed by atoms with Gasteiger partial charge in [-0.2, -0.15) is 5.10 Å². The molecule has 2 amide bonds. The van der Waals surface area contributed by atoms with Crippen molar-refractivity contribution >= 4 is 41.2 Å². The second-order valence-electron chi connectivity index (χ2n) is 7.96. The third-order valence-corrected chi connectivity index (χ3v) is 5.67. The van der Waals surface area contributed by atoms with Gasteiger partial charge in [0, 0.05) is 17.0 Å². The van der Waals surface area contributed by atoms with E-state index in [-0.39, 0.29) is 11.4 Å². The summed E-state index contributed by atoms with van der Waals surface area (Å²) < 4.78 is 11.3. The molecular weight excluding hydrogens is 513 g/mol. The summed E-state index contributed by atoms with van der Waals surface area (Å²) >= 11 is 12.1. The van der Waals surface area contributed by atoms with Gasteiger partial charge in [0.15, 0.2) is 6.10 Å². The number of halogens is 2. The van der Waals surface area contributed by atoms with Crippen LogP contribution in [-0.4, -0.2) is 36.8 Å². The van der Waals surface area contributed by atoms with Gasteiger partial charge in [-0.15, -0.1) is 0 Å². The molecule has 2 N–H and O–H groups in total. The highest BCUT2D eigenvalue weighted by Gasteiger charge is 2.25. The molecule has 0 heterocycles. The Morgan fingerprint density at radius 2 is 1.73 bits per heavy atom. The molecule has 0 unspecified atom stereocenters. The van der Waals surface area contributed by atoms with Crippen LogP contribution in [0.5, 0.6) is 11.5 Å². The summed E-state index contributed by atoms with van der Waals surface area (Å²) in [5.41, 5.74) is 4.05. The first-order valence-electron chi connectivity index (χ1n) is 11.5. The Bertz CT molecular complexity index is 1250. The molecule has 7 nitrogen and oxygen atoms in total. The fraction of sp³-hybridized carbons (Fsp3) is 0.179. The van der Waals surface area contributed by atoms with Crippen LogP contribution in [0.3, 0.4) is 0 Å². The Balaban J connectivity index is 1.70. The number of hydrogen-bond donors (Lipinski definition) is 2. The van der Waals surface area contributed by atoms with Crippen LogP contribution in [0, 0.1) is 0 Å². The highest BCUT2D eigenvalue weighted by molar-refractivity contribution is 6.35. The normalized spacial score (nSPS) is 12.4. The minimum Gasteiger partial charge on any atom is -0.489 e. The third-order valence-electron chi connectivity index (χ3n) is 5.14. The molecule has 0 aliphatic heterocycles. The van der Waals surface area contributed by atoms with Gasteiger partial charge in [-0.3, -0.25) is 9.59 Å². The summed E-state index contributed by atoms with van der Waals surface area (Å²) in [5.74, 6) is -0.0787. The first kappa shape index (κ1) is 27.8. The number of nitrogens with zero attached hydrogens (tertiary/aromatic N) is 1. The number of carbonyl (C=O) groups is 2. The molecule has 3 rings (SSSR count). The van der Waals surface area contributed by atoms with Crippen LogP contribution >= 0.6 is 23.2 Å². The van der Waals surface area contributed by atoms with Crippen LogP contribution in [0.2, 0.25) is 10.0 Å². The van der Waals surface area contributed by atoms with Gasteiger partial charge >= 0.3 is 0 Å². The zero-order chi connectivity index (χ0) is 26.6. The third kappa shape index (κ3) is 8.66.